The van der Waals surface area contributed by atoms with E-state index in [0.717, 1.165) is 24.5 Å². The summed E-state index contributed by atoms with van der Waals surface area (Å²) in [7, 11) is 0. The van der Waals surface area contributed by atoms with Crippen molar-refractivity contribution in [3.63, 3.8) is 0 Å². The minimum atomic E-state index is -4.51. The van der Waals surface area contributed by atoms with Gasteiger partial charge in [0, 0.05) is 11.6 Å². The predicted octanol–water partition coefficient (Wildman–Crippen LogP) is 5.81. The van der Waals surface area contributed by atoms with Crippen molar-refractivity contribution < 1.29 is 18.0 Å². The van der Waals surface area contributed by atoms with Crippen molar-refractivity contribution in [2.75, 3.05) is 0 Å². The summed E-state index contributed by atoms with van der Waals surface area (Å²) in [4.78, 5) is 17.2. The number of nitrogens with one attached hydrogen (secondary N) is 1. The average Bonchev–Trinajstić information content (AvgIpc) is 3.52. The molecule has 2 aromatic heterocycles. The number of aryl methyl sites for hydroxylation is 1. The first-order valence-electron chi connectivity index (χ1n) is 11.2. The Morgan fingerprint density at radius 1 is 1.18 bits per heavy atom. The van der Waals surface area contributed by atoms with E-state index >= 15 is 0 Å². The minimum absolute atomic E-state index is 0.0333. The van der Waals surface area contributed by atoms with Gasteiger partial charge in [-0.05, 0) is 49.3 Å². The summed E-state index contributed by atoms with van der Waals surface area (Å²) in [5.74, 6) is -0.289. The molecule has 0 spiro atoms. The third-order valence-corrected chi connectivity index (χ3v) is 6.15. The first-order valence-corrected chi connectivity index (χ1v) is 11.2. The van der Waals surface area contributed by atoms with Crippen molar-refractivity contribution in [1.29, 1.82) is 0 Å². The Morgan fingerprint density at radius 3 is 2.36 bits per heavy atom. The second kappa shape index (κ2) is 8.15. The molecule has 5 nitrogen and oxygen atoms in total. The van der Waals surface area contributed by atoms with Crippen LogP contribution in [0.4, 0.5) is 13.2 Å². The number of carbonyl (C=O) groups is 1. The van der Waals surface area contributed by atoms with Gasteiger partial charge in [-0.1, -0.05) is 45.0 Å². The molecule has 1 unspecified atom stereocenters. The number of carbonyl (C=O) groups excluding carboxylic acids is 1. The molecular weight excluding hydrogens is 429 g/mol. The third kappa shape index (κ3) is 4.89. The van der Waals surface area contributed by atoms with E-state index < -0.39 is 11.7 Å². The van der Waals surface area contributed by atoms with Gasteiger partial charge in [0.1, 0.15) is 6.54 Å². The molecule has 1 aliphatic rings. The maximum atomic E-state index is 13.8. The van der Waals surface area contributed by atoms with Crippen LogP contribution in [0.25, 0.3) is 11.0 Å². The number of amides is 1. The molecule has 1 N–H and O–H groups in total. The number of fused-ring (bicyclic) bond motifs is 1. The van der Waals surface area contributed by atoms with Gasteiger partial charge in [0.2, 0.25) is 5.91 Å². The zero-order valence-corrected chi connectivity index (χ0v) is 19.5. The summed E-state index contributed by atoms with van der Waals surface area (Å²) in [5, 5.41) is 7.12. The van der Waals surface area contributed by atoms with Crippen molar-refractivity contribution in [2.45, 2.75) is 77.6 Å². The molecule has 1 aliphatic carbocycles. The number of hydrogen-bond donors (Lipinski definition) is 1. The molecule has 1 saturated carbocycles. The van der Waals surface area contributed by atoms with E-state index in [4.69, 9.17) is 0 Å². The third-order valence-electron chi connectivity index (χ3n) is 6.15. The van der Waals surface area contributed by atoms with Gasteiger partial charge in [-0.2, -0.15) is 18.3 Å². The topological polar surface area (TPSA) is 59.8 Å². The molecule has 8 heteroatoms. The van der Waals surface area contributed by atoms with Gasteiger partial charge in [-0.3, -0.25) is 4.79 Å². The van der Waals surface area contributed by atoms with E-state index in [1.165, 1.54) is 17.2 Å². The second-order valence-corrected chi connectivity index (χ2v) is 9.97. The largest absolute Gasteiger partial charge is 0.417 e. The van der Waals surface area contributed by atoms with E-state index in [1.54, 1.807) is 0 Å². The van der Waals surface area contributed by atoms with Crippen molar-refractivity contribution in [3.8, 4) is 0 Å². The number of hydrogen-bond acceptors (Lipinski definition) is 3. The Morgan fingerprint density at radius 2 is 1.82 bits per heavy atom. The fraction of sp³-hybridized carbons (Fsp3) is 0.480. The lowest BCUT2D eigenvalue weighted by molar-refractivity contribution is -0.136. The van der Waals surface area contributed by atoms with Crippen LogP contribution in [0.2, 0.25) is 0 Å². The molecule has 4 rings (SSSR count). The standard InChI is InChI=1S/C25H29F3N4O/c1-14(16-8-10-18(11-9-16)24(3,4)5)29-21(33)13-32-23-22(15(2)31-32)19(25(26,27)28)12-20(30-23)17-6-7-17/h8-12,14,17H,6-7,13H2,1-5H3,(H,29,33). The number of aromatic nitrogens is 3. The summed E-state index contributed by atoms with van der Waals surface area (Å²) in [6.07, 6.45) is -2.86. The summed E-state index contributed by atoms with van der Waals surface area (Å²) in [5.41, 5.74) is 2.19. The average molecular weight is 459 g/mol. The number of nitrogens with zero attached hydrogens (tertiary/aromatic N) is 3. The van der Waals surface area contributed by atoms with Crippen molar-refractivity contribution in [2.24, 2.45) is 0 Å². The van der Waals surface area contributed by atoms with Crippen LogP contribution in [0.1, 0.15) is 80.6 Å². The Labute approximate surface area is 191 Å². The first-order chi connectivity index (χ1) is 15.3. The molecule has 0 aliphatic heterocycles. The minimum Gasteiger partial charge on any atom is -0.348 e. The SMILES string of the molecule is Cc1nn(CC(=O)NC(C)c2ccc(C(C)(C)C)cc2)c2nc(C3CC3)cc(C(F)(F)F)c12. The Balaban J connectivity index is 1.57. The van der Waals surface area contributed by atoms with Gasteiger partial charge >= 0.3 is 6.18 Å². The van der Waals surface area contributed by atoms with E-state index in [1.807, 2.05) is 31.2 Å². The van der Waals surface area contributed by atoms with Gasteiger partial charge in [0.05, 0.1) is 22.7 Å². The van der Waals surface area contributed by atoms with Crippen molar-refractivity contribution >= 4 is 16.9 Å². The monoisotopic (exact) mass is 458 g/mol. The Hall–Kier alpha value is -2.90. The molecule has 3 aromatic rings. The van der Waals surface area contributed by atoms with Crippen LogP contribution in [0, 0.1) is 6.92 Å². The lowest BCUT2D eigenvalue weighted by Gasteiger charge is -2.20. The molecule has 0 bridgehead atoms. The van der Waals surface area contributed by atoms with Crippen molar-refractivity contribution in [1.82, 2.24) is 20.1 Å². The molecule has 2 heterocycles. The highest BCUT2D eigenvalue weighted by atomic mass is 19.4. The molecular formula is C25H29F3N4O. The van der Waals surface area contributed by atoms with E-state index in [-0.39, 0.29) is 46.6 Å². The summed E-state index contributed by atoms with van der Waals surface area (Å²) in [6.45, 7) is 9.60. The summed E-state index contributed by atoms with van der Waals surface area (Å²) < 4.78 is 42.5. The highest BCUT2D eigenvalue weighted by Gasteiger charge is 2.37. The van der Waals surface area contributed by atoms with Crippen LogP contribution < -0.4 is 5.32 Å². The molecule has 1 aromatic carbocycles. The van der Waals surface area contributed by atoms with Crippen LogP contribution in [-0.4, -0.2) is 20.7 Å². The van der Waals surface area contributed by atoms with Gasteiger partial charge in [-0.25, -0.2) is 9.67 Å². The predicted molar refractivity (Wildman–Crippen MR) is 121 cm³/mol. The van der Waals surface area contributed by atoms with Crippen LogP contribution in [0.5, 0.6) is 0 Å². The number of benzene rings is 1. The second-order valence-electron chi connectivity index (χ2n) is 9.97. The molecule has 0 radical (unpaired) electrons. The molecule has 1 amide bonds. The fourth-order valence-electron chi connectivity index (χ4n) is 4.07. The zero-order chi connectivity index (χ0) is 24.1. The van der Waals surface area contributed by atoms with E-state index in [2.05, 4.69) is 36.2 Å². The lowest BCUT2D eigenvalue weighted by atomic mass is 9.86. The van der Waals surface area contributed by atoms with Crippen LogP contribution in [-0.2, 0) is 22.9 Å². The molecule has 0 saturated heterocycles. The molecule has 1 fully saturated rings. The highest BCUT2D eigenvalue weighted by Crippen LogP contribution is 2.43. The maximum absolute atomic E-state index is 13.8. The summed E-state index contributed by atoms with van der Waals surface area (Å²) >= 11 is 0. The molecule has 33 heavy (non-hydrogen) atoms. The zero-order valence-electron chi connectivity index (χ0n) is 19.5. The van der Waals surface area contributed by atoms with Gasteiger partial charge in [-0.15, -0.1) is 0 Å². The lowest BCUT2D eigenvalue weighted by Crippen LogP contribution is -2.30. The highest BCUT2D eigenvalue weighted by molar-refractivity contribution is 5.85. The van der Waals surface area contributed by atoms with Gasteiger partial charge in [0.25, 0.3) is 0 Å². The maximum Gasteiger partial charge on any atom is 0.417 e. The summed E-state index contributed by atoms with van der Waals surface area (Å²) in [6, 6.07) is 8.95. The van der Waals surface area contributed by atoms with Crippen LogP contribution in [0.15, 0.2) is 30.3 Å². The molecule has 176 valence electrons. The molecule has 1 atom stereocenters. The van der Waals surface area contributed by atoms with Gasteiger partial charge < -0.3 is 5.32 Å². The number of alkyl halides is 3. The van der Waals surface area contributed by atoms with Crippen molar-refractivity contribution in [3.05, 3.63) is 58.4 Å². The fourth-order valence-corrected chi connectivity index (χ4v) is 4.07. The smallest absolute Gasteiger partial charge is 0.348 e. The first kappa shape index (κ1) is 23.3. The Bertz CT molecular complexity index is 1190. The normalized spacial score (nSPS) is 15.6. The number of pyridine rings is 1. The van der Waals surface area contributed by atoms with Crippen LogP contribution >= 0.6 is 0 Å². The Kier molecular flexibility index (Phi) is 5.75. The number of halogens is 3. The van der Waals surface area contributed by atoms with E-state index in [9.17, 15) is 18.0 Å². The van der Waals surface area contributed by atoms with Crippen LogP contribution in [0.3, 0.4) is 0 Å². The number of rotatable bonds is 5. The van der Waals surface area contributed by atoms with Gasteiger partial charge in [0.15, 0.2) is 5.65 Å². The quantitative estimate of drug-likeness (QED) is 0.525. The van der Waals surface area contributed by atoms with E-state index in [0.29, 0.717) is 5.69 Å².